The Hall–Kier alpha value is -1.56. The first-order valence-electron chi connectivity index (χ1n) is 6.55. The number of halogens is 1. The second kappa shape index (κ2) is 6.93. The summed E-state index contributed by atoms with van der Waals surface area (Å²) >= 11 is 3.50. The highest BCUT2D eigenvalue weighted by atomic mass is 79.9. The molecule has 0 amide bonds. The summed E-state index contributed by atoms with van der Waals surface area (Å²) in [5, 5.41) is 9.14. The Balaban J connectivity index is 2.28. The van der Waals surface area contributed by atoms with Gasteiger partial charge < -0.3 is 20.3 Å². The number of benzene rings is 2. The Morgan fingerprint density at radius 3 is 2.52 bits per heavy atom. The van der Waals surface area contributed by atoms with Crippen LogP contribution in [-0.4, -0.2) is 12.2 Å². The number of ether oxygens (including phenoxy) is 2. The molecule has 0 aromatic heterocycles. The van der Waals surface area contributed by atoms with Crippen LogP contribution in [0.4, 0.5) is 0 Å². The summed E-state index contributed by atoms with van der Waals surface area (Å²) in [7, 11) is 1.57. The number of rotatable bonds is 5. The van der Waals surface area contributed by atoms with Crippen molar-refractivity contribution in [3.05, 3.63) is 52.0 Å². The fourth-order valence-electron chi connectivity index (χ4n) is 1.96. The molecule has 2 aromatic rings. The van der Waals surface area contributed by atoms with Gasteiger partial charge >= 0.3 is 0 Å². The summed E-state index contributed by atoms with van der Waals surface area (Å²) in [4.78, 5) is 0. The van der Waals surface area contributed by atoms with Crippen molar-refractivity contribution in [2.75, 3.05) is 7.11 Å². The van der Waals surface area contributed by atoms with E-state index in [1.807, 2.05) is 25.1 Å². The summed E-state index contributed by atoms with van der Waals surface area (Å²) in [6.45, 7) is 1.89. The maximum absolute atomic E-state index is 9.14. The van der Waals surface area contributed by atoms with Crippen LogP contribution in [0.2, 0.25) is 0 Å². The molecule has 5 heteroatoms. The molecule has 112 valence electrons. The second-order valence-electron chi connectivity index (χ2n) is 4.72. The molecule has 0 radical (unpaired) electrons. The minimum atomic E-state index is -0.0493. The predicted molar refractivity (Wildman–Crippen MR) is 85.7 cm³/mol. The molecule has 2 rings (SSSR count). The molecule has 0 heterocycles. The second-order valence-corrected chi connectivity index (χ2v) is 5.57. The maximum Gasteiger partial charge on any atom is 0.169 e. The summed E-state index contributed by atoms with van der Waals surface area (Å²) < 4.78 is 12.0. The van der Waals surface area contributed by atoms with Crippen LogP contribution >= 0.6 is 15.9 Å². The van der Waals surface area contributed by atoms with Crippen molar-refractivity contribution in [3.63, 3.8) is 0 Å². The van der Waals surface area contributed by atoms with E-state index in [0.29, 0.717) is 17.2 Å². The minimum absolute atomic E-state index is 0.0364. The van der Waals surface area contributed by atoms with Gasteiger partial charge in [0.1, 0.15) is 5.75 Å². The smallest absolute Gasteiger partial charge is 0.169 e. The number of nitrogens with two attached hydrogens (primary N) is 1. The van der Waals surface area contributed by atoms with E-state index in [9.17, 15) is 0 Å². The lowest BCUT2D eigenvalue weighted by Gasteiger charge is -2.13. The highest BCUT2D eigenvalue weighted by molar-refractivity contribution is 9.10. The van der Waals surface area contributed by atoms with Gasteiger partial charge in [0.15, 0.2) is 11.5 Å². The fourth-order valence-corrected chi connectivity index (χ4v) is 2.68. The Labute approximate surface area is 132 Å². The van der Waals surface area contributed by atoms with E-state index in [1.54, 1.807) is 25.3 Å². The van der Waals surface area contributed by atoms with Gasteiger partial charge in [-0.1, -0.05) is 28.1 Å². The van der Waals surface area contributed by atoms with Crippen molar-refractivity contribution in [1.29, 1.82) is 0 Å². The van der Waals surface area contributed by atoms with Crippen molar-refractivity contribution < 1.29 is 14.6 Å². The van der Waals surface area contributed by atoms with Crippen LogP contribution in [0.25, 0.3) is 0 Å². The maximum atomic E-state index is 9.14. The fraction of sp³-hybridized carbons (Fsp3) is 0.250. The molecule has 0 aliphatic carbocycles. The van der Waals surface area contributed by atoms with E-state index in [4.69, 9.17) is 20.3 Å². The number of hydrogen-bond donors (Lipinski definition) is 2. The lowest BCUT2D eigenvalue weighted by molar-refractivity contribution is 0.280. The Kier molecular flexibility index (Phi) is 5.22. The van der Waals surface area contributed by atoms with Gasteiger partial charge in [-0.3, -0.25) is 0 Å². The summed E-state index contributed by atoms with van der Waals surface area (Å²) in [5.41, 5.74) is 7.67. The molecular weight excluding hydrogens is 334 g/mol. The van der Waals surface area contributed by atoms with Crippen molar-refractivity contribution in [2.45, 2.75) is 19.6 Å². The Morgan fingerprint density at radius 1 is 1.19 bits per heavy atom. The zero-order chi connectivity index (χ0) is 15.4. The highest BCUT2D eigenvalue weighted by Gasteiger charge is 2.10. The molecule has 0 aliphatic heterocycles. The monoisotopic (exact) mass is 351 g/mol. The number of methoxy groups -OCH3 is 1. The molecule has 0 fully saturated rings. The van der Waals surface area contributed by atoms with Crippen molar-refractivity contribution in [2.24, 2.45) is 5.73 Å². The molecule has 21 heavy (non-hydrogen) atoms. The summed E-state index contributed by atoms with van der Waals surface area (Å²) in [6.07, 6.45) is 0. The topological polar surface area (TPSA) is 64.7 Å². The minimum Gasteiger partial charge on any atom is -0.493 e. The number of hydrogen-bond acceptors (Lipinski definition) is 4. The van der Waals surface area contributed by atoms with Crippen molar-refractivity contribution in [3.8, 4) is 17.2 Å². The first kappa shape index (κ1) is 15.8. The zero-order valence-corrected chi connectivity index (χ0v) is 13.6. The SMILES string of the molecule is COc1cc(CO)ccc1Oc1ccc([C@H](C)N)c(Br)c1. The summed E-state index contributed by atoms with van der Waals surface area (Å²) in [5.74, 6) is 1.85. The largest absolute Gasteiger partial charge is 0.493 e. The average Bonchev–Trinajstić information content (AvgIpc) is 2.47. The quantitative estimate of drug-likeness (QED) is 0.860. The lowest BCUT2D eigenvalue weighted by atomic mass is 10.1. The van der Waals surface area contributed by atoms with Gasteiger partial charge in [-0.25, -0.2) is 0 Å². The van der Waals surface area contributed by atoms with E-state index < -0.39 is 0 Å². The molecule has 2 aromatic carbocycles. The van der Waals surface area contributed by atoms with E-state index >= 15 is 0 Å². The van der Waals surface area contributed by atoms with Gasteiger partial charge in [0.25, 0.3) is 0 Å². The Bertz CT molecular complexity index is 629. The van der Waals surface area contributed by atoms with E-state index in [-0.39, 0.29) is 12.6 Å². The third-order valence-electron chi connectivity index (χ3n) is 3.10. The molecule has 4 nitrogen and oxygen atoms in total. The van der Waals surface area contributed by atoms with Crippen LogP contribution in [0.1, 0.15) is 24.1 Å². The highest BCUT2D eigenvalue weighted by Crippen LogP contribution is 2.34. The lowest BCUT2D eigenvalue weighted by Crippen LogP contribution is -2.05. The molecule has 0 aliphatic rings. The van der Waals surface area contributed by atoms with E-state index in [2.05, 4.69) is 15.9 Å². The van der Waals surface area contributed by atoms with Crippen LogP contribution in [0.5, 0.6) is 17.2 Å². The van der Waals surface area contributed by atoms with Crippen LogP contribution in [0, 0.1) is 0 Å². The molecule has 0 saturated heterocycles. The van der Waals surface area contributed by atoms with E-state index in [0.717, 1.165) is 15.6 Å². The third-order valence-corrected chi connectivity index (χ3v) is 3.79. The van der Waals surface area contributed by atoms with Crippen LogP contribution in [-0.2, 0) is 6.61 Å². The normalized spacial score (nSPS) is 12.0. The van der Waals surface area contributed by atoms with Crippen molar-refractivity contribution in [1.82, 2.24) is 0 Å². The third kappa shape index (κ3) is 3.75. The molecular formula is C16H18BrNO3. The van der Waals surface area contributed by atoms with Gasteiger partial charge in [-0.2, -0.15) is 0 Å². The first-order valence-corrected chi connectivity index (χ1v) is 7.35. The van der Waals surface area contributed by atoms with Gasteiger partial charge in [0.05, 0.1) is 13.7 Å². The molecule has 0 unspecified atom stereocenters. The van der Waals surface area contributed by atoms with Crippen LogP contribution in [0.15, 0.2) is 40.9 Å². The predicted octanol–water partition coefficient (Wildman–Crippen LogP) is 3.76. The molecule has 3 N–H and O–H groups in total. The molecule has 1 atom stereocenters. The molecule has 0 saturated carbocycles. The van der Waals surface area contributed by atoms with Crippen LogP contribution in [0.3, 0.4) is 0 Å². The van der Waals surface area contributed by atoms with Crippen LogP contribution < -0.4 is 15.2 Å². The van der Waals surface area contributed by atoms with Gasteiger partial charge in [0, 0.05) is 10.5 Å². The number of aliphatic hydroxyl groups excluding tert-OH is 1. The Morgan fingerprint density at radius 2 is 1.95 bits per heavy atom. The first-order chi connectivity index (χ1) is 10.0. The average molecular weight is 352 g/mol. The van der Waals surface area contributed by atoms with E-state index in [1.165, 1.54) is 0 Å². The molecule has 0 spiro atoms. The standard InChI is InChI=1S/C16H18BrNO3/c1-10(18)13-5-4-12(8-14(13)17)21-15-6-3-11(9-19)7-16(15)20-2/h3-8,10,19H,9,18H2,1-2H3/t10-/m0/s1. The molecule has 0 bridgehead atoms. The zero-order valence-electron chi connectivity index (χ0n) is 12.0. The van der Waals surface area contributed by atoms with Crippen molar-refractivity contribution >= 4 is 15.9 Å². The van der Waals surface area contributed by atoms with Gasteiger partial charge in [-0.15, -0.1) is 0 Å². The number of aliphatic hydroxyl groups is 1. The van der Waals surface area contributed by atoms with Gasteiger partial charge in [0.2, 0.25) is 0 Å². The summed E-state index contributed by atoms with van der Waals surface area (Å²) in [6, 6.07) is 10.9. The van der Waals surface area contributed by atoms with Gasteiger partial charge in [-0.05, 0) is 42.3 Å².